The Kier molecular flexibility index (Phi) is 4.62. The number of anilines is 2. The van der Waals surface area contributed by atoms with E-state index in [0.717, 1.165) is 21.8 Å². The number of carbonyl (C=O) groups excluding carboxylic acids is 3. The van der Waals surface area contributed by atoms with Crippen LogP contribution in [0.2, 0.25) is 0 Å². The van der Waals surface area contributed by atoms with Gasteiger partial charge in [-0.2, -0.15) is 0 Å². The molecule has 1 fully saturated rings. The molecule has 1 saturated heterocycles. The average molecular weight is 416 g/mol. The number of amides is 4. The number of Topliss-reactive ketones (excluding diaryl/α,β-unsaturated/α-hetero) is 1. The van der Waals surface area contributed by atoms with Crippen LogP contribution in [0.25, 0.3) is 11.3 Å². The van der Waals surface area contributed by atoms with E-state index >= 15 is 0 Å². The second-order valence-corrected chi connectivity index (χ2v) is 7.40. The fraction of sp³-hybridized carbons (Fsp3) is 0.182. The summed E-state index contributed by atoms with van der Waals surface area (Å²) >= 11 is 0. The van der Waals surface area contributed by atoms with Crippen LogP contribution in [-0.2, 0) is 6.54 Å². The van der Waals surface area contributed by atoms with Crippen molar-refractivity contribution in [3.8, 4) is 11.3 Å². The molecule has 3 N–H and O–H groups in total. The van der Waals surface area contributed by atoms with Crippen LogP contribution >= 0.6 is 0 Å². The van der Waals surface area contributed by atoms with Crippen LogP contribution < -0.4 is 10.6 Å². The first-order valence-corrected chi connectivity index (χ1v) is 9.96. The predicted molar refractivity (Wildman–Crippen MR) is 114 cm³/mol. The van der Waals surface area contributed by atoms with Crippen molar-refractivity contribution in [1.82, 2.24) is 25.1 Å². The van der Waals surface area contributed by atoms with Crippen LogP contribution in [0.3, 0.4) is 0 Å². The summed E-state index contributed by atoms with van der Waals surface area (Å²) < 4.78 is 0. The van der Waals surface area contributed by atoms with Crippen molar-refractivity contribution in [2.75, 3.05) is 25.0 Å². The largest absolute Gasteiger partial charge is 0.355 e. The quantitative estimate of drug-likeness (QED) is 0.608. The van der Waals surface area contributed by atoms with Crippen LogP contribution in [0.5, 0.6) is 0 Å². The number of rotatable bonds is 3. The molecule has 2 aromatic heterocycles. The van der Waals surface area contributed by atoms with Gasteiger partial charge in [-0.3, -0.25) is 9.78 Å². The lowest BCUT2D eigenvalue weighted by atomic mass is 10.0. The standard InChI is InChI=1S/C22H20N6O3/c29-17-13-27(22(31)28-11-10-24-21(28)30)12-16-18(17)20(25-15-4-2-1-3-5-15)19(26-16)14-6-8-23-9-7-14/h1-9,25-26H,10-13H2,(H,24,30). The van der Waals surface area contributed by atoms with Crippen molar-refractivity contribution >= 4 is 29.2 Å². The number of carbonyl (C=O) groups is 3. The van der Waals surface area contributed by atoms with Crippen LogP contribution in [0, 0.1) is 0 Å². The Morgan fingerprint density at radius 2 is 1.81 bits per heavy atom. The van der Waals surface area contributed by atoms with Crippen molar-refractivity contribution in [3.05, 3.63) is 66.1 Å². The molecular formula is C22H20N6O3. The van der Waals surface area contributed by atoms with Crippen molar-refractivity contribution in [3.63, 3.8) is 0 Å². The van der Waals surface area contributed by atoms with E-state index < -0.39 is 12.1 Å². The van der Waals surface area contributed by atoms with Crippen LogP contribution in [0.1, 0.15) is 16.1 Å². The molecule has 0 spiro atoms. The zero-order chi connectivity index (χ0) is 21.4. The SMILES string of the molecule is O=C1CN(C(=O)N2CCNC2=O)Cc2[nH]c(-c3ccncc3)c(Nc3ccccc3)c21. The number of hydrogen-bond donors (Lipinski definition) is 3. The summed E-state index contributed by atoms with van der Waals surface area (Å²) in [6, 6.07) is 12.4. The second-order valence-electron chi connectivity index (χ2n) is 7.40. The number of hydrogen-bond acceptors (Lipinski definition) is 5. The topological polar surface area (TPSA) is 110 Å². The lowest BCUT2D eigenvalue weighted by Gasteiger charge is -2.29. The van der Waals surface area contributed by atoms with Gasteiger partial charge in [0, 0.05) is 42.4 Å². The maximum Gasteiger partial charge on any atom is 0.328 e. The molecule has 156 valence electrons. The molecule has 0 radical (unpaired) electrons. The van der Waals surface area contributed by atoms with E-state index in [-0.39, 0.29) is 18.9 Å². The zero-order valence-electron chi connectivity index (χ0n) is 16.6. The van der Waals surface area contributed by atoms with Crippen molar-refractivity contribution in [2.45, 2.75) is 6.54 Å². The van der Waals surface area contributed by atoms with E-state index in [1.165, 1.54) is 4.90 Å². The number of H-pyrrole nitrogens is 1. The monoisotopic (exact) mass is 416 g/mol. The summed E-state index contributed by atoms with van der Waals surface area (Å²) in [5.41, 5.74) is 4.30. The molecule has 3 aromatic rings. The van der Waals surface area contributed by atoms with E-state index in [4.69, 9.17) is 0 Å². The van der Waals surface area contributed by atoms with Crippen LogP contribution in [0.4, 0.5) is 21.0 Å². The number of nitrogens with zero attached hydrogens (tertiary/aromatic N) is 3. The normalized spacial score (nSPS) is 15.6. The highest BCUT2D eigenvalue weighted by molar-refractivity contribution is 6.10. The number of benzene rings is 1. The highest BCUT2D eigenvalue weighted by Crippen LogP contribution is 2.38. The smallest absolute Gasteiger partial charge is 0.328 e. The van der Waals surface area contributed by atoms with Gasteiger partial charge in [-0.25, -0.2) is 14.5 Å². The van der Waals surface area contributed by atoms with Crippen LogP contribution in [0.15, 0.2) is 54.9 Å². The van der Waals surface area contributed by atoms with Gasteiger partial charge in [-0.15, -0.1) is 0 Å². The minimum absolute atomic E-state index is 0.0906. The minimum atomic E-state index is -0.466. The van der Waals surface area contributed by atoms with Gasteiger partial charge in [0.05, 0.1) is 30.0 Å². The Morgan fingerprint density at radius 1 is 1.03 bits per heavy atom. The average Bonchev–Trinajstić information content (AvgIpc) is 3.38. The number of aromatic nitrogens is 2. The molecule has 1 aromatic carbocycles. The minimum Gasteiger partial charge on any atom is -0.355 e. The first kappa shape index (κ1) is 18.9. The first-order chi connectivity index (χ1) is 15.1. The van der Waals surface area contributed by atoms with Gasteiger partial charge in [-0.1, -0.05) is 18.2 Å². The number of aromatic amines is 1. The molecule has 2 aliphatic heterocycles. The Labute approximate surface area is 178 Å². The molecule has 4 amide bonds. The molecule has 0 aliphatic carbocycles. The summed E-state index contributed by atoms with van der Waals surface area (Å²) in [5, 5.41) is 5.98. The van der Waals surface area contributed by atoms with Crippen molar-refractivity contribution in [2.24, 2.45) is 0 Å². The number of ketones is 1. The fourth-order valence-corrected chi connectivity index (χ4v) is 3.96. The summed E-state index contributed by atoms with van der Waals surface area (Å²) in [5.74, 6) is -0.191. The Hall–Kier alpha value is -4.14. The molecule has 2 aliphatic rings. The number of fused-ring (bicyclic) bond motifs is 1. The highest BCUT2D eigenvalue weighted by Gasteiger charge is 2.37. The van der Waals surface area contributed by atoms with E-state index in [1.54, 1.807) is 12.4 Å². The molecule has 9 heteroatoms. The number of para-hydroxylation sites is 1. The number of pyridine rings is 1. The third kappa shape index (κ3) is 3.39. The van der Waals surface area contributed by atoms with Gasteiger partial charge < -0.3 is 20.5 Å². The summed E-state index contributed by atoms with van der Waals surface area (Å²) in [7, 11) is 0. The highest BCUT2D eigenvalue weighted by atomic mass is 16.2. The maximum absolute atomic E-state index is 13.2. The van der Waals surface area contributed by atoms with Crippen molar-refractivity contribution in [1.29, 1.82) is 0 Å². The zero-order valence-corrected chi connectivity index (χ0v) is 16.6. The Balaban J connectivity index is 1.54. The lowest BCUT2D eigenvalue weighted by Crippen LogP contribution is -2.48. The second kappa shape index (κ2) is 7.60. The molecule has 5 rings (SSSR count). The van der Waals surface area contributed by atoms with Gasteiger partial charge in [0.2, 0.25) is 0 Å². The number of imide groups is 1. The third-order valence-corrected chi connectivity index (χ3v) is 5.41. The van der Waals surface area contributed by atoms with Gasteiger partial charge >= 0.3 is 12.1 Å². The summed E-state index contributed by atoms with van der Waals surface area (Å²) in [6.45, 7) is 0.825. The predicted octanol–water partition coefficient (Wildman–Crippen LogP) is 2.96. The molecule has 9 nitrogen and oxygen atoms in total. The summed E-state index contributed by atoms with van der Waals surface area (Å²) in [4.78, 5) is 47.8. The van der Waals surface area contributed by atoms with Crippen molar-refractivity contribution < 1.29 is 14.4 Å². The van der Waals surface area contributed by atoms with E-state index in [9.17, 15) is 14.4 Å². The molecular weight excluding hydrogens is 396 g/mol. The van der Waals surface area contributed by atoms with Gasteiger partial charge in [0.25, 0.3) is 0 Å². The number of nitrogens with one attached hydrogen (secondary N) is 3. The first-order valence-electron chi connectivity index (χ1n) is 9.96. The molecule has 31 heavy (non-hydrogen) atoms. The van der Waals surface area contributed by atoms with E-state index in [1.807, 2.05) is 42.5 Å². The van der Waals surface area contributed by atoms with Gasteiger partial charge in [0.15, 0.2) is 5.78 Å². The van der Waals surface area contributed by atoms with E-state index in [2.05, 4.69) is 20.6 Å². The fourth-order valence-electron chi connectivity index (χ4n) is 3.96. The maximum atomic E-state index is 13.2. The Bertz CT molecular complexity index is 1160. The van der Waals surface area contributed by atoms with Gasteiger partial charge in [-0.05, 0) is 24.3 Å². The van der Waals surface area contributed by atoms with E-state index in [0.29, 0.717) is 30.0 Å². The molecule has 0 saturated carbocycles. The Morgan fingerprint density at radius 3 is 2.52 bits per heavy atom. The molecule has 0 atom stereocenters. The third-order valence-electron chi connectivity index (χ3n) is 5.41. The summed E-state index contributed by atoms with van der Waals surface area (Å²) in [6.07, 6.45) is 3.37. The van der Waals surface area contributed by atoms with Crippen LogP contribution in [-0.4, -0.2) is 57.2 Å². The molecule has 0 unspecified atom stereocenters. The number of urea groups is 2. The van der Waals surface area contributed by atoms with Gasteiger partial charge in [0.1, 0.15) is 0 Å². The molecule has 0 bridgehead atoms. The molecule has 4 heterocycles. The lowest BCUT2D eigenvalue weighted by molar-refractivity contribution is 0.0901.